The number of nitrogens with zero attached hydrogens (tertiary/aromatic N) is 2. The van der Waals surface area contributed by atoms with Gasteiger partial charge in [0.1, 0.15) is 5.01 Å². The minimum atomic E-state index is 0.898. The van der Waals surface area contributed by atoms with Crippen LogP contribution in [0.15, 0.2) is 79.0 Å². The minimum absolute atomic E-state index is 0.898. The van der Waals surface area contributed by atoms with Crippen LogP contribution in [0.25, 0.3) is 22.0 Å². The Labute approximate surface area is 144 Å². The summed E-state index contributed by atoms with van der Waals surface area (Å²) >= 11 is 1.67. The van der Waals surface area contributed by atoms with Crippen LogP contribution in [0.1, 0.15) is 10.7 Å². The first-order valence-electron chi connectivity index (χ1n) is 7.69. The third-order valence-corrected chi connectivity index (χ3v) is 4.63. The van der Waals surface area contributed by atoms with E-state index in [9.17, 15) is 0 Å². The Morgan fingerprint density at radius 3 is 2.46 bits per heavy atom. The molecule has 1 N–H and O–H groups in total. The number of benzene rings is 2. The average molecular weight is 329 g/mol. The van der Waals surface area contributed by atoms with E-state index >= 15 is 0 Å². The molecule has 4 rings (SSSR count). The van der Waals surface area contributed by atoms with Crippen LogP contribution in [0.2, 0.25) is 0 Å². The number of hydrogen-bond donors (Lipinski definition) is 1. The summed E-state index contributed by atoms with van der Waals surface area (Å²) in [5.74, 6) is 0. The zero-order valence-electron chi connectivity index (χ0n) is 12.9. The molecule has 0 atom stereocenters. The van der Waals surface area contributed by atoms with Gasteiger partial charge in [-0.2, -0.15) is 0 Å². The SMILES string of the molecule is C(=C(\Nc1ccccc1)c1nc2ccccc2s1)/c1ccccn1. The van der Waals surface area contributed by atoms with E-state index in [1.54, 1.807) is 17.5 Å². The Bertz CT molecular complexity index is 942. The monoisotopic (exact) mass is 329 g/mol. The van der Waals surface area contributed by atoms with Crippen molar-refractivity contribution in [1.29, 1.82) is 0 Å². The van der Waals surface area contributed by atoms with E-state index in [1.807, 2.05) is 72.8 Å². The van der Waals surface area contributed by atoms with Gasteiger partial charge in [0.25, 0.3) is 0 Å². The smallest absolute Gasteiger partial charge is 0.141 e. The number of thiazole rings is 1. The standard InChI is InChI=1S/C20H15N3S/c1-2-8-15(9-3-1)22-18(14-16-10-6-7-13-21-16)20-23-17-11-4-5-12-19(17)24-20/h1-14,22H/b18-14+. The number of aromatic nitrogens is 2. The van der Waals surface area contributed by atoms with Gasteiger partial charge in [-0.25, -0.2) is 4.98 Å². The van der Waals surface area contributed by atoms with Crippen molar-refractivity contribution in [2.45, 2.75) is 0 Å². The van der Waals surface area contributed by atoms with Gasteiger partial charge in [-0.3, -0.25) is 4.98 Å². The van der Waals surface area contributed by atoms with Gasteiger partial charge >= 0.3 is 0 Å². The highest BCUT2D eigenvalue weighted by Gasteiger charge is 2.09. The fourth-order valence-electron chi connectivity index (χ4n) is 2.42. The number of rotatable bonds is 4. The van der Waals surface area contributed by atoms with Crippen molar-refractivity contribution in [1.82, 2.24) is 9.97 Å². The van der Waals surface area contributed by atoms with Crippen LogP contribution >= 0.6 is 11.3 Å². The third kappa shape index (κ3) is 3.19. The van der Waals surface area contributed by atoms with E-state index in [0.29, 0.717) is 0 Å². The fraction of sp³-hybridized carbons (Fsp3) is 0. The lowest BCUT2D eigenvalue weighted by atomic mass is 10.2. The normalized spacial score (nSPS) is 11.6. The van der Waals surface area contributed by atoms with Gasteiger partial charge in [0.05, 0.1) is 21.6 Å². The summed E-state index contributed by atoms with van der Waals surface area (Å²) in [4.78, 5) is 9.17. The maximum Gasteiger partial charge on any atom is 0.141 e. The first-order chi connectivity index (χ1) is 11.9. The molecule has 2 aromatic heterocycles. The van der Waals surface area contributed by atoms with Crippen LogP contribution in [0.5, 0.6) is 0 Å². The van der Waals surface area contributed by atoms with E-state index in [2.05, 4.69) is 16.4 Å². The Morgan fingerprint density at radius 2 is 1.67 bits per heavy atom. The van der Waals surface area contributed by atoms with Crippen molar-refractivity contribution >= 4 is 39.0 Å². The molecule has 0 saturated heterocycles. The average Bonchev–Trinajstić information content (AvgIpc) is 3.07. The van der Waals surface area contributed by atoms with E-state index < -0.39 is 0 Å². The van der Waals surface area contributed by atoms with Crippen molar-refractivity contribution in [2.75, 3.05) is 5.32 Å². The molecule has 0 aliphatic carbocycles. The largest absolute Gasteiger partial charge is 0.353 e. The summed E-state index contributed by atoms with van der Waals surface area (Å²) in [5, 5.41) is 4.42. The molecule has 0 amide bonds. The molecule has 24 heavy (non-hydrogen) atoms. The zero-order valence-corrected chi connectivity index (χ0v) is 13.7. The molecule has 2 heterocycles. The number of pyridine rings is 1. The van der Waals surface area contributed by atoms with Gasteiger partial charge in [0.2, 0.25) is 0 Å². The summed E-state index contributed by atoms with van der Waals surface area (Å²) in [6.07, 6.45) is 3.83. The summed E-state index contributed by atoms with van der Waals surface area (Å²) in [6.45, 7) is 0. The highest BCUT2D eigenvalue weighted by atomic mass is 32.1. The van der Waals surface area contributed by atoms with Crippen molar-refractivity contribution in [2.24, 2.45) is 0 Å². The second-order valence-electron chi connectivity index (χ2n) is 5.29. The van der Waals surface area contributed by atoms with E-state index in [0.717, 1.165) is 27.6 Å². The third-order valence-electron chi connectivity index (χ3n) is 3.56. The summed E-state index contributed by atoms with van der Waals surface area (Å²) in [6, 6.07) is 24.2. The van der Waals surface area contributed by atoms with Crippen molar-refractivity contribution in [3.8, 4) is 0 Å². The molecule has 0 saturated carbocycles. The lowest BCUT2D eigenvalue weighted by Gasteiger charge is -2.08. The molecule has 0 unspecified atom stereocenters. The van der Waals surface area contributed by atoms with Crippen LogP contribution in [0.3, 0.4) is 0 Å². The predicted molar refractivity (Wildman–Crippen MR) is 102 cm³/mol. The molecule has 116 valence electrons. The Kier molecular flexibility index (Phi) is 4.04. The molecule has 0 aliphatic heterocycles. The quantitative estimate of drug-likeness (QED) is 0.552. The molecular weight excluding hydrogens is 314 g/mol. The molecule has 0 bridgehead atoms. The highest BCUT2D eigenvalue weighted by molar-refractivity contribution is 7.19. The van der Waals surface area contributed by atoms with Gasteiger partial charge in [0, 0.05) is 11.9 Å². The van der Waals surface area contributed by atoms with Gasteiger partial charge in [-0.1, -0.05) is 36.4 Å². The van der Waals surface area contributed by atoms with Crippen LogP contribution in [0.4, 0.5) is 5.69 Å². The van der Waals surface area contributed by atoms with Crippen molar-refractivity contribution < 1.29 is 0 Å². The summed E-state index contributed by atoms with van der Waals surface area (Å²) in [7, 11) is 0. The summed E-state index contributed by atoms with van der Waals surface area (Å²) < 4.78 is 1.18. The van der Waals surface area contributed by atoms with Crippen LogP contribution in [0, 0.1) is 0 Å². The van der Waals surface area contributed by atoms with E-state index in [1.165, 1.54) is 4.70 Å². The second-order valence-corrected chi connectivity index (χ2v) is 6.32. The van der Waals surface area contributed by atoms with E-state index in [4.69, 9.17) is 4.98 Å². The van der Waals surface area contributed by atoms with Crippen molar-refractivity contribution in [3.63, 3.8) is 0 Å². The molecule has 2 aromatic carbocycles. The number of nitrogens with one attached hydrogen (secondary N) is 1. The lowest BCUT2D eigenvalue weighted by molar-refractivity contribution is 1.29. The molecule has 0 radical (unpaired) electrons. The maximum atomic E-state index is 4.77. The lowest BCUT2D eigenvalue weighted by Crippen LogP contribution is -1.98. The molecular formula is C20H15N3S. The number of para-hydroxylation sites is 2. The molecule has 0 aliphatic rings. The van der Waals surface area contributed by atoms with Gasteiger partial charge < -0.3 is 5.32 Å². The Balaban J connectivity index is 1.79. The van der Waals surface area contributed by atoms with Gasteiger partial charge in [-0.05, 0) is 42.5 Å². The predicted octanol–water partition coefficient (Wildman–Crippen LogP) is 5.30. The topological polar surface area (TPSA) is 37.8 Å². The maximum absolute atomic E-state index is 4.77. The fourth-order valence-corrected chi connectivity index (χ4v) is 3.36. The van der Waals surface area contributed by atoms with Crippen LogP contribution in [-0.4, -0.2) is 9.97 Å². The minimum Gasteiger partial charge on any atom is -0.353 e. The Morgan fingerprint density at radius 1 is 0.875 bits per heavy atom. The van der Waals surface area contributed by atoms with E-state index in [-0.39, 0.29) is 0 Å². The Hall–Kier alpha value is -2.98. The van der Waals surface area contributed by atoms with Gasteiger partial charge in [0.15, 0.2) is 0 Å². The number of anilines is 1. The first-order valence-corrected chi connectivity index (χ1v) is 8.51. The van der Waals surface area contributed by atoms with Crippen LogP contribution in [-0.2, 0) is 0 Å². The summed E-state index contributed by atoms with van der Waals surface area (Å²) in [5.41, 5.74) is 3.88. The zero-order chi connectivity index (χ0) is 16.2. The van der Waals surface area contributed by atoms with Gasteiger partial charge in [-0.15, -0.1) is 11.3 Å². The molecule has 0 fully saturated rings. The highest BCUT2D eigenvalue weighted by Crippen LogP contribution is 2.29. The molecule has 3 nitrogen and oxygen atoms in total. The second kappa shape index (κ2) is 6.64. The number of hydrogen-bond acceptors (Lipinski definition) is 4. The number of fused-ring (bicyclic) bond motifs is 1. The molecule has 4 aromatic rings. The molecule has 0 spiro atoms. The van der Waals surface area contributed by atoms with Crippen molar-refractivity contribution in [3.05, 3.63) is 89.7 Å². The molecule has 4 heteroatoms. The first kappa shape index (κ1) is 14.6. The van der Waals surface area contributed by atoms with Crippen LogP contribution < -0.4 is 5.32 Å².